The minimum atomic E-state index is -0.876. The molecule has 0 amide bonds. The largest absolute Gasteiger partial charge is 0.357 e. The molecule has 156 valence electrons. The Morgan fingerprint density at radius 2 is 2.07 bits per heavy atom. The Balaban J connectivity index is 1.88. The fourth-order valence-electron chi connectivity index (χ4n) is 4.34. The molecule has 0 spiro atoms. The molecule has 2 aromatic rings. The molecule has 2 aliphatic carbocycles. The van der Waals surface area contributed by atoms with Crippen molar-refractivity contribution in [1.82, 2.24) is 19.1 Å². The van der Waals surface area contributed by atoms with Gasteiger partial charge in [0, 0.05) is 31.2 Å². The van der Waals surface area contributed by atoms with Crippen molar-refractivity contribution >= 4 is 16.9 Å². The highest BCUT2D eigenvalue weighted by molar-refractivity contribution is 5.77. The summed E-state index contributed by atoms with van der Waals surface area (Å²) in [7, 11) is 0. The molecular formula is C21H29N5O3. The van der Waals surface area contributed by atoms with Gasteiger partial charge in [-0.15, -0.1) is 0 Å². The average molecular weight is 399 g/mol. The second-order valence-corrected chi connectivity index (χ2v) is 7.93. The van der Waals surface area contributed by atoms with Crippen molar-refractivity contribution in [3.8, 4) is 0 Å². The summed E-state index contributed by atoms with van der Waals surface area (Å²) >= 11 is 0. The quantitative estimate of drug-likeness (QED) is 0.726. The number of fused-ring (bicyclic) bond motifs is 1. The molecule has 1 fully saturated rings. The van der Waals surface area contributed by atoms with Crippen LogP contribution in [0.4, 0.5) is 0 Å². The third kappa shape index (κ3) is 3.51. The topological polar surface area (TPSA) is 108 Å². The van der Waals surface area contributed by atoms with E-state index in [-0.39, 0.29) is 11.2 Å². The van der Waals surface area contributed by atoms with Crippen LogP contribution in [-0.4, -0.2) is 31.4 Å². The zero-order valence-corrected chi connectivity index (χ0v) is 17.1. The molecular weight excluding hydrogens is 370 g/mol. The van der Waals surface area contributed by atoms with Gasteiger partial charge in [0.1, 0.15) is 11.5 Å². The van der Waals surface area contributed by atoms with E-state index in [0.29, 0.717) is 48.8 Å². The first kappa shape index (κ1) is 19.8. The Morgan fingerprint density at radius 3 is 2.69 bits per heavy atom. The van der Waals surface area contributed by atoms with E-state index in [1.165, 1.54) is 22.0 Å². The lowest BCUT2D eigenvalue weighted by atomic mass is 10.0. The van der Waals surface area contributed by atoms with Gasteiger partial charge in [-0.1, -0.05) is 25.8 Å². The highest BCUT2D eigenvalue weighted by Gasteiger charge is 2.27. The lowest BCUT2D eigenvalue weighted by Gasteiger charge is -2.27. The van der Waals surface area contributed by atoms with E-state index in [1.54, 1.807) is 12.2 Å². The van der Waals surface area contributed by atoms with E-state index in [2.05, 4.69) is 4.98 Å². The molecule has 8 heteroatoms. The second-order valence-electron chi connectivity index (χ2n) is 7.93. The maximum Gasteiger partial charge on any atom is 0.337 e. The van der Waals surface area contributed by atoms with Gasteiger partial charge in [0.15, 0.2) is 11.2 Å². The third-order valence-corrected chi connectivity index (χ3v) is 5.82. The number of aromatic nitrogens is 4. The standard InChI is InChI=1S/C21H29N5O3/c1-3-13-25-19(27)16-18(24-17(23-16)14-7-5-6-8-14)26(20(25)28)15-9-11-21(22,12-10-15)29-4-2/h9-11,14H,3-8,12-13,22H2,1-2H3,(H,23,24). The Hall–Kier alpha value is -2.45. The van der Waals surface area contributed by atoms with Gasteiger partial charge in [0.05, 0.1) is 0 Å². The van der Waals surface area contributed by atoms with Crippen LogP contribution in [0.25, 0.3) is 16.9 Å². The maximum absolute atomic E-state index is 13.2. The number of aromatic amines is 1. The molecule has 2 aliphatic rings. The van der Waals surface area contributed by atoms with E-state index in [9.17, 15) is 9.59 Å². The molecule has 8 nitrogen and oxygen atoms in total. The molecule has 3 N–H and O–H groups in total. The number of rotatable bonds is 6. The van der Waals surface area contributed by atoms with E-state index in [0.717, 1.165) is 18.7 Å². The van der Waals surface area contributed by atoms with Crippen LogP contribution >= 0.6 is 0 Å². The zero-order chi connectivity index (χ0) is 20.6. The summed E-state index contributed by atoms with van der Waals surface area (Å²) in [5.41, 5.74) is 6.13. The van der Waals surface area contributed by atoms with E-state index in [4.69, 9.17) is 15.5 Å². The van der Waals surface area contributed by atoms with Crippen LogP contribution in [0.2, 0.25) is 0 Å². The predicted octanol–water partition coefficient (Wildman–Crippen LogP) is 2.45. The SMILES string of the molecule is CCCn1c(=O)c2[nH]c(C3CCCC3)nc2n(C2=CCC(N)(OCC)C=C2)c1=O. The molecule has 0 radical (unpaired) electrons. The van der Waals surface area contributed by atoms with Crippen molar-refractivity contribution in [3.63, 3.8) is 0 Å². The van der Waals surface area contributed by atoms with Gasteiger partial charge < -0.3 is 9.72 Å². The summed E-state index contributed by atoms with van der Waals surface area (Å²) in [6, 6.07) is 0. The first-order valence-electron chi connectivity index (χ1n) is 10.6. The summed E-state index contributed by atoms with van der Waals surface area (Å²) in [6.07, 6.45) is 11.0. The smallest absolute Gasteiger partial charge is 0.337 e. The van der Waals surface area contributed by atoms with Crippen molar-refractivity contribution in [3.05, 3.63) is 44.9 Å². The van der Waals surface area contributed by atoms with Gasteiger partial charge >= 0.3 is 5.69 Å². The third-order valence-electron chi connectivity index (χ3n) is 5.82. The fraction of sp³-hybridized carbons (Fsp3) is 0.571. The van der Waals surface area contributed by atoms with Gasteiger partial charge in [0.25, 0.3) is 5.56 Å². The van der Waals surface area contributed by atoms with Crippen LogP contribution in [0.15, 0.2) is 27.8 Å². The Morgan fingerprint density at radius 1 is 1.31 bits per heavy atom. The number of ether oxygens (including phenoxy) is 1. The Labute approximate surface area is 169 Å². The summed E-state index contributed by atoms with van der Waals surface area (Å²) in [4.78, 5) is 34.2. The molecule has 0 saturated heterocycles. The minimum absolute atomic E-state index is 0.303. The highest BCUT2D eigenvalue weighted by Crippen LogP contribution is 2.33. The monoisotopic (exact) mass is 399 g/mol. The zero-order valence-electron chi connectivity index (χ0n) is 17.1. The van der Waals surface area contributed by atoms with Crippen LogP contribution in [0, 0.1) is 0 Å². The molecule has 1 saturated carbocycles. The van der Waals surface area contributed by atoms with E-state index >= 15 is 0 Å². The second kappa shape index (κ2) is 7.76. The molecule has 0 aromatic carbocycles. The van der Waals surface area contributed by atoms with Crippen molar-refractivity contribution < 1.29 is 4.74 Å². The van der Waals surface area contributed by atoms with Crippen molar-refractivity contribution in [2.24, 2.45) is 5.73 Å². The first-order chi connectivity index (χ1) is 14.0. The van der Waals surface area contributed by atoms with Gasteiger partial charge in [-0.25, -0.2) is 14.3 Å². The molecule has 2 aromatic heterocycles. The molecule has 29 heavy (non-hydrogen) atoms. The summed E-state index contributed by atoms with van der Waals surface area (Å²) in [5, 5.41) is 0. The Kier molecular flexibility index (Phi) is 5.31. The summed E-state index contributed by atoms with van der Waals surface area (Å²) in [5.74, 6) is 1.12. The number of hydrogen-bond donors (Lipinski definition) is 2. The van der Waals surface area contributed by atoms with Crippen molar-refractivity contribution in [2.75, 3.05) is 6.61 Å². The van der Waals surface area contributed by atoms with Crippen molar-refractivity contribution in [2.45, 2.75) is 70.6 Å². The Bertz CT molecular complexity index is 1080. The summed E-state index contributed by atoms with van der Waals surface area (Å²) < 4.78 is 8.43. The van der Waals surface area contributed by atoms with Gasteiger partial charge in [0.2, 0.25) is 0 Å². The number of hydrogen-bond acceptors (Lipinski definition) is 5. The molecule has 1 unspecified atom stereocenters. The molecule has 4 rings (SSSR count). The molecule has 0 bridgehead atoms. The number of H-pyrrole nitrogens is 1. The number of nitrogens with two attached hydrogens (primary N) is 1. The van der Waals surface area contributed by atoms with Crippen LogP contribution in [-0.2, 0) is 11.3 Å². The molecule has 0 aliphatic heterocycles. The van der Waals surface area contributed by atoms with Crippen LogP contribution in [0.5, 0.6) is 0 Å². The van der Waals surface area contributed by atoms with Gasteiger partial charge in [-0.3, -0.25) is 15.1 Å². The normalized spacial score (nSPS) is 22.5. The minimum Gasteiger partial charge on any atom is -0.357 e. The molecule has 1 atom stereocenters. The van der Waals surface area contributed by atoms with Crippen LogP contribution in [0.1, 0.15) is 64.1 Å². The number of nitrogens with one attached hydrogen (secondary N) is 1. The van der Waals surface area contributed by atoms with Crippen molar-refractivity contribution in [1.29, 1.82) is 0 Å². The fourth-order valence-corrected chi connectivity index (χ4v) is 4.34. The maximum atomic E-state index is 13.2. The van der Waals surface area contributed by atoms with E-state index < -0.39 is 5.72 Å². The average Bonchev–Trinajstić information content (AvgIpc) is 3.37. The van der Waals surface area contributed by atoms with Crippen LogP contribution < -0.4 is 17.0 Å². The highest BCUT2D eigenvalue weighted by atomic mass is 16.5. The van der Waals surface area contributed by atoms with Gasteiger partial charge in [-0.2, -0.15) is 0 Å². The van der Waals surface area contributed by atoms with E-state index in [1.807, 2.05) is 19.9 Å². The first-order valence-corrected chi connectivity index (χ1v) is 10.6. The molecule has 2 heterocycles. The number of nitrogens with zero attached hydrogens (tertiary/aromatic N) is 3. The summed E-state index contributed by atoms with van der Waals surface area (Å²) in [6.45, 7) is 4.70. The van der Waals surface area contributed by atoms with Gasteiger partial charge in [-0.05, 0) is 38.3 Å². The predicted molar refractivity (Wildman–Crippen MR) is 113 cm³/mol. The number of imidazole rings is 1. The van der Waals surface area contributed by atoms with Crippen LogP contribution in [0.3, 0.4) is 0 Å². The lowest BCUT2D eigenvalue weighted by Crippen LogP contribution is -2.43. The lowest BCUT2D eigenvalue weighted by molar-refractivity contribution is 0.00568. The number of allylic oxidation sites excluding steroid dienone is 2.